The van der Waals surface area contributed by atoms with Crippen LogP contribution in [0.15, 0.2) is 195 Å². The summed E-state index contributed by atoms with van der Waals surface area (Å²) >= 11 is 0. The van der Waals surface area contributed by atoms with E-state index in [1.165, 1.54) is 77.4 Å². The monoisotopic (exact) mass is 637 g/mol. The molecule has 1 aliphatic rings. The number of para-hydroxylation sites is 2. The van der Waals surface area contributed by atoms with Crippen molar-refractivity contribution in [1.29, 1.82) is 0 Å². The number of rotatable bonds is 4. The maximum absolute atomic E-state index is 4.41. The lowest BCUT2D eigenvalue weighted by Gasteiger charge is -2.17. The van der Waals surface area contributed by atoms with Gasteiger partial charge in [-0.05, 0) is 104 Å². The Morgan fingerprint density at radius 2 is 1.00 bits per heavy atom. The minimum Gasteiger partial charge on any atom is -0.309 e. The Morgan fingerprint density at radius 3 is 1.74 bits per heavy atom. The second-order valence-corrected chi connectivity index (χ2v) is 13.0. The van der Waals surface area contributed by atoms with Crippen LogP contribution < -0.4 is 0 Å². The lowest BCUT2D eigenvalue weighted by Crippen LogP contribution is -1.94. The van der Waals surface area contributed by atoms with Gasteiger partial charge in [0.05, 0.1) is 11.0 Å². The third-order valence-corrected chi connectivity index (χ3v) is 9.99. The van der Waals surface area contributed by atoms with Crippen molar-refractivity contribution in [2.24, 2.45) is 0 Å². The Balaban J connectivity index is 1.05. The summed E-state index contributed by atoms with van der Waals surface area (Å²) in [5, 5.41) is 2.55. The molecule has 0 unspecified atom stereocenters. The maximum Gasteiger partial charge on any atom is 0.0541 e. The zero-order valence-electron chi connectivity index (χ0n) is 27.8. The Kier molecular flexibility index (Phi) is 7.44. The first-order valence-electron chi connectivity index (χ1n) is 17.3. The molecule has 0 N–H and O–H groups in total. The van der Waals surface area contributed by atoms with Crippen molar-refractivity contribution in [3.8, 4) is 50.2 Å². The molecule has 0 fully saturated rings. The highest BCUT2D eigenvalue weighted by molar-refractivity contribution is 6.09. The highest BCUT2D eigenvalue weighted by atomic mass is 15.0. The first-order valence-corrected chi connectivity index (χ1v) is 17.3. The number of nitrogens with zero attached hydrogens (tertiary/aromatic N) is 1. The van der Waals surface area contributed by atoms with Crippen molar-refractivity contribution in [3.63, 3.8) is 0 Å². The van der Waals surface area contributed by atoms with Crippen LogP contribution in [0.5, 0.6) is 0 Å². The van der Waals surface area contributed by atoms with E-state index in [0.29, 0.717) is 0 Å². The van der Waals surface area contributed by atoms with E-state index in [-0.39, 0.29) is 0 Å². The molecular formula is C49H35N. The van der Waals surface area contributed by atoms with Crippen LogP contribution in [0.1, 0.15) is 11.1 Å². The second kappa shape index (κ2) is 12.5. The molecule has 50 heavy (non-hydrogen) atoms. The summed E-state index contributed by atoms with van der Waals surface area (Å²) in [5.74, 6) is 0. The molecule has 1 aromatic heterocycles. The van der Waals surface area contributed by atoms with Crippen LogP contribution in [-0.2, 0) is 6.42 Å². The van der Waals surface area contributed by atoms with Gasteiger partial charge < -0.3 is 4.57 Å². The third kappa shape index (κ3) is 5.30. The fraction of sp³-hybridized carbons (Fsp3) is 0.0204. The van der Waals surface area contributed by atoms with Gasteiger partial charge in [-0.3, -0.25) is 0 Å². The van der Waals surface area contributed by atoms with Gasteiger partial charge in [-0.25, -0.2) is 0 Å². The summed E-state index contributed by atoms with van der Waals surface area (Å²) in [7, 11) is 0. The molecule has 1 aliphatic carbocycles. The summed E-state index contributed by atoms with van der Waals surface area (Å²) in [4.78, 5) is 0. The molecule has 0 spiro atoms. The van der Waals surface area contributed by atoms with E-state index in [4.69, 9.17) is 0 Å². The third-order valence-electron chi connectivity index (χ3n) is 9.99. The summed E-state index contributed by atoms with van der Waals surface area (Å²) in [6.45, 7) is 4.41. The molecule has 0 atom stereocenters. The van der Waals surface area contributed by atoms with Crippen LogP contribution in [0.2, 0.25) is 0 Å². The van der Waals surface area contributed by atoms with Gasteiger partial charge in [0.15, 0.2) is 0 Å². The first-order chi connectivity index (χ1) is 24.7. The minimum atomic E-state index is 0.895. The fourth-order valence-electron chi connectivity index (χ4n) is 7.48. The normalized spacial score (nSPS) is 13.9. The van der Waals surface area contributed by atoms with E-state index in [9.17, 15) is 0 Å². The van der Waals surface area contributed by atoms with E-state index in [0.717, 1.165) is 17.7 Å². The largest absolute Gasteiger partial charge is 0.309 e. The predicted molar refractivity (Wildman–Crippen MR) is 214 cm³/mol. The zero-order valence-corrected chi connectivity index (χ0v) is 27.8. The molecule has 236 valence electrons. The number of aromatic nitrogens is 1. The highest BCUT2D eigenvalue weighted by Crippen LogP contribution is 2.38. The average Bonchev–Trinajstić information content (AvgIpc) is 3.52. The van der Waals surface area contributed by atoms with E-state index >= 15 is 0 Å². The van der Waals surface area contributed by atoms with E-state index in [1.807, 2.05) is 0 Å². The number of benzene rings is 7. The number of hydrogen-bond donors (Lipinski definition) is 0. The van der Waals surface area contributed by atoms with Crippen molar-refractivity contribution in [1.82, 2.24) is 4.57 Å². The van der Waals surface area contributed by atoms with Crippen molar-refractivity contribution >= 4 is 27.4 Å². The maximum atomic E-state index is 4.41. The van der Waals surface area contributed by atoms with Crippen LogP contribution in [0.25, 0.3) is 77.6 Å². The molecular weight excluding hydrogens is 603 g/mol. The standard InChI is InChI=1S/C49H35N/c1-34-13-3-2-4-14-37-15-5-6-20-44(37)47-33-41(29-30-43(34)47)39-17-11-16-38(31-39)35-25-27-36(28-26-35)40-18-12-19-42(32-40)50-48-23-9-7-21-45(48)46-22-8-10-24-49(46)50/h2-13,15-33H,1,14H2/b4-2-,13-3-. The van der Waals surface area contributed by atoms with Crippen LogP contribution in [0.4, 0.5) is 0 Å². The number of allylic oxidation sites excluding steroid dienone is 5. The molecule has 8 aromatic rings. The molecule has 1 nitrogen and oxygen atoms in total. The van der Waals surface area contributed by atoms with Gasteiger partial charge in [0.2, 0.25) is 0 Å². The lowest BCUT2D eigenvalue weighted by molar-refractivity contribution is 1.18. The molecule has 1 heterocycles. The molecule has 7 aromatic carbocycles. The van der Waals surface area contributed by atoms with Gasteiger partial charge >= 0.3 is 0 Å². The summed E-state index contributed by atoms with van der Waals surface area (Å²) < 4.78 is 2.38. The topological polar surface area (TPSA) is 4.93 Å². The van der Waals surface area contributed by atoms with Crippen LogP contribution >= 0.6 is 0 Å². The zero-order chi connectivity index (χ0) is 33.4. The molecule has 0 radical (unpaired) electrons. The molecule has 9 rings (SSSR count). The van der Waals surface area contributed by atoms with Gasteiger partial charge in [-0.15, -0.1) is 0 Å². The summed E-state index contributed by atoms with van der Waals surface area (Å²) in [6.07, 6.45) is 9.42. The van der Waals surface area contributed by atoms with Crippen LogP contribution in [-0.4, -0.2) is 4.57 Å². The highest BCUT2D eigenvalue weighted by Gasteiger charge is 2.15. The van der Waals surface area contributed by atoms with Crippen molar-refractivity contribution in [2.45, 2.75) is 6.42 Å². The minimum absolute atomic E-state index is 0.895. The smallest absolute Gasteiger partial charge is 0.0541 e. The van der Waals surface area contributed by atoms with E-state index < -0.39 is 0 Å². The average molecular weight is 638 g/mol. The Labute approximate surface area is 293 Å². The summed E-state index contributed by atoms with van der Waals surface area (Å²) in [5.41, 5.74) is 16.8. The quantitative estimate of drug-likeness (QED) is 0.181. The van der Waals surface area contributed by atoms with Crippen LogP contribution in [0.3, 0.4) is 0 Å². The van der Waals surface area contributed by atoms with Gasteiger partial charge in [-0.1, -0.05) is 158 Å². The predicted octanol–water partition coefficient (Wildman–Crippen LogP) is 13.1. The molecule has 0 aliphatic heterocycles. The SMILES string of the molecule is C=C1/C=C\C=C/Cc2ccccc2-c2cc(-c3cccc(-c4ccc(-c5cccc(-n6c7ccccc7c7ccccc76)c5)cc4)c3)ccc21. The van der Waals surface area contributed by atoms with E-state index in [2.05, 4.69) is 199 Å². The number of fused-ring (bicyclic) bond motifs is 6. The molecule has 0 bridgehead atoms. The summed E-state index contributed by atoms with van der Waals surface area (Å²) in [6, 6.07) is 59.6. The van der Waals surface area contributed by atoms with Crippen molar-refractivity contribution < 1.29 is 0 Å². The van der Waals surface area contributed by atoms with Crippen LogP contribution in [0, 0.1) is 0 Å². The number of hydrogen-bond acceptors (Lipinski definition) is 0. The second-order valence-electron chi connectivity index (χ2n) is 13.0. The van der Waals surface area contributed by atoms with E-state index in [1.54, 1.807) is 0 Å². The first kappa shape index (κ1) is 29.7. The molecule has 1 heteroatoms. The Bertz CT molecular complexity index is 2570. The lowest BCUT2D eigenvalue weighted by atomic mass is 9.87. The fourth-order valence-corrected chi connectivity index (χ4v) is 7.48. The van der Waals surface area contributed by atoms with Gasteiger partial charge in [0, 0.05) is 16.5 Å². The van der Waals surface area contributed by atoms with Gasteiger partial charge in [0.25, 0.3) is 0 Å². The Hall–Kier alpha value is -6.44. The van der Waals surface area contributed by atoms with Gasteiger partial charge in [0.1, 0.15) is 0 Å². The van der Waals surface area contributed by atoms with Crippen molar-refractivity contribution in [3.05, 3.63) is 206 Å². The molecule has 0 saturated carbocycles. The van der Waals surface area contributed by atoms with Gasteiger partial charge in [-0.2, -0.15) is 0 Å². The molecule has 0 saturated heterocycles. The molecule has 0 amide bonds. The Morgan fingerprint density at radius 1 is 0.420 bits per heavy atom. The van der Waals surface area contributed by atoms with Crippen molar-refractivity contribution in [2.75, 3.05) is 0 Å².